The molecule has 1 aromatic carbocycles. The van der Waals surface area contributed by atoms with E-state index >= 15 is 0 Å². The van der Waals surface area contributed by atoms with Gasteiger partial charge in [-0.2, -0.15) is 0 Å². The van der Waals surface area contributed by atoms with Gasteiger partial charge >= 0.3 is 5.82 Å². The first-order valence-electron chi connectivity index (χ1n) is 7.54. The molecule has 0 fully saturated rings. The maximum absolute atomic E-state index is 12.9. The number of hydrogen-bond donors (Lipinski definition) is 1. The summed E-state index contributed by atoms with van der Waals surface area (Å²) in [6, 6.07) is 7.57. The van der Waals surface area contributed by atoms with Crippen LogP contribution in [0.25, 0.3) is 0 Å². The van der Waals surface area contributed by atoms with E-state index in [1.165, 1.54) is 37.3 Å². The summed E-state index contributed by atoms with van der Waals surface area (Å²) in [5.41, 5.74) is 0.345. The van der Waals surface area contributed by atoms with E-state index in [2.05, 4.69) is 10.3 Å². The lowest BCUT2D eigenvalue weighted by Crippen LogP contribution is -2.48. The maximum Gasteiger partial charge on any atom is 0.366 e. The fourth-order valence-corrected chi connectivity index (χ4v) is 2.41. The van der Waals surface area contributed by atoms with Crippen LogP contribution in [0.3, 0.4) is 0 Å². The van der Waals surface area contributed by atoms with Crippen LogP contribution >= 0.6 is 0 Å². The van der Waals surface area contributed by atoms with Crippen LogP contribution < -0.4 is 15.0 Å². The number of carbonyl (C=O) groups is 2. The quantitative estimate of drug-likeness (QED) is 0.658. The lowest BCUT2D eigenvalue weighted by atomic mass is 10.2. The molecule has 1 aromatic heterocycles. The second-order valence-electron chi connectivity index (χ2n) is 5.49. The third-order valence-electron chi connectivity index (χ3n) is 3.61. The Hall–Kier alpha value is -3.56. The van der Waals surface area contributed by atoms with Crippen LogP contribution in [-0.2, 0) is 9.59 Å². The molecule has 1 aliphatic heterocycles. The molecule has 10 heteroatoms. The summed E-state index contributed by atoms with van der Waals surface area (Å²) in [7, 11) is 0. The average molecular weight is 360 g/mol. The lowest BCUT2D eigenvalue weighted by Gasteiger charge is -2.28. The summed E-state index contributed by atoms with van der Waals surface area (Å²) >= 11 is 0. The van der Waals surface area contributed by atoms with Crippen molar-refractivity contribution in [1.29, 1.82) is 0 Å². The Morgan fingerprint density at radius 2 is 2.04 bits per heavy atom. The second kappa shape index (κ2) is 6.75. The lowest BCUT2D eigenvalue weighted by molar-refractivity contribution is -0.389. The van der Waals surface area contributed by atoms with Crippen LogP contribution in [0, 0.1) is 15.9 Å². The number of aromatic nitrogens is 1. The summed E-state index contributed by atoms with van der Waals surface area (Å²) in [6.07, 6.45) is -0.871. The van der Waals surface area contributed by atoms with E-state index in [-0.39, 0.29) is 11.6 Å². The number of benzene rings is 1. The number of nitrogens with one attached hydrogen (secondary N) is 1. The molecule has 0 radical (unpaired) electrons. The highest BCUT2D eigenvalue weighted by Gasteiger charge is 2.37. The minimum absolute atomic E-state index is 0.100. The summed E-state index contributed by atoms with van der Waals surface area (Å²) in [6.45, 7) is 1.07. The van der Waals surface area contributed by atoms with E-state index in [0.29, 0.717) is 5.69 Å². The van der Waals surface area contributed by atoms with E-state index in [1.807, 2.05) is 0 Å². The molecule has 0 saturated heterocycles. The predicted octanol–water partition coefficient (Wildman–Crippen LogP) is 1.88. The number of anilines is 2. The molecular formula is C16H13FN4O5. The van der Waals surface area contributed by atoms with E-state index in [9.17, 15) is 24.1 Å². The molecule has 134 valence electrons. The topological polar surface area (TPSA) is 115 Å². The molecule has 2 amide bonds. The Bertz CT molecular complexity index is 887. The molecule has 0 aliphatic carbocycles. The molecule has 9 nitrogen and oxygen atoms in total. The molecule has 0 spiro atoms. The van der Waals surface area contributed by atoms with Gasteiger partial charge in [0.2, 0.25) is 5.91 Å². The zero-order valence-electron chi connectivity index (χ0n) is 13.5. The third-order valence-corrected chi connectivity index (χ3v) is 3.61. The van der Waals surface area contributed by atoms with Gasteiger partial charge in [0.05, 0.1) is 0 Å². The molecule has 1 N–H and O–H groups in total. The summed E-state index contributed by atoms with van der Waals surface area (Å²) in [4.78, 5) is 39.6. The zero-order chi connectivity index (χ0) is 18.8. The minimum atomic E-state index is -0.871. The molecular weight excluding hydrogens is 347 g/mol. The number of pyridine rings is 1. The molecule has 1 atom stereocenters. The van der Waals surface area contributed by atoms with Gasteiger partial charge in [0, 0.05) is 11.8 Å². The van der Waals surface area contributed by atoms with E-state index in [4.69, 9.17) is 4.74 Å². The van der Waals surface area contributed by atoms with Crippen molar-refractivity contribution in [2.45, 2.75) is 13.0 Å². The average Bonchev–Trinajstić information content (AvgIpc) is 2.60. The van der Waals surface area contributed by atoms with Gasteiger partial charge in [0.1, 0.15) is 12.4 Å². The van der Waals surface area contributed by atoms with Crippen LogP contribution in [0.15, 0.2) is 36.4 Å². The first kappa shape index (κ1) is 17.3. The van der Waals surface area contributed by atoms with Crippen molar-refractivity contribution in [3.05, 3.63) is 52.3 Å². The van der Waals surface area contributed by atoms with E-state index in [0.717, 1.165) is 11.0 Å². The molecule has 3 rings (SSSR count). The highest BCUT2D eigenvalue weighted by atomic mass is 19.1. The Morgan fingerprint density at radius 1 is 1.35 bits per heavy atom. The molecule has 2 aromatic rings. The van der Waals surface area contributed by atoms with Gasteiger partial charge < -0.3 is 20.2 Å². The highest BCUT2D eigenvalue weighted by molar-refractivity contribution is 6.05. The normalized spacial score (nSPS) is 15.8. The Labute approximate surface area is 146 Å². The number of ether oxygens (including phenoxy) is 1. The number of amides is 2. The predicted molar refractivity (Wildman–Crippen MR) is 88.4 cm³/mol. The van der Waals surface area contributed by atoms with E-state index < -0.39 is 41.0 Å². The van der Waals surface area contributed by atoms with Gasteiger partial charge in [0.25, 0.3) is 11.7 Å². The third kappa shape index (κ3) is 3.43. The Balaban J connectivity index is 1.85. The van der Waals surface area contributed by atoms with Crippen molar-refractivity contribution in [3.63, 3.8) is 0 Å². The molecule has 26 heavy (non-hydrogen) atoms. The molecule has 2 heterocycles. The number of hydrogen-bond acceptors (Lipinski definition) is 6. The van der Waals surface area contributed by atoms with Crippen LogP contribution in [-0.4, -0.2) is 34.4 Å². The first-order chi connectivity index (χ1) is 12.3. The van der Waals surface area contributed by atoms with Crippen molar-refractivity contribution in [2.24, 2.45) is 0 Å². The number of nitro groups is 1. The first-order valence-corrected chi connectivity index (χ1v) is 7.54. The van der Waals surface area contributed by atoms with Crippen molar-refractivity contribution >= 4 is 29.1 Å². The number of halogens is 1. The summed E-state index contributed by atoms with van der Waals surface area (Å²) < 4.78 is 18.3. The summed E-state index contributed by atoms with van der Waals surface area (Å²) in [5.74, 6) is -1.99. The van der Waals surface area contributed by atoms with Crippen LogP contribution in [0.5, 0.6) is 5.75 Å². The number of carbonyl (C=O) groups excluding carboxylic acids is 2. The number of fused-ring (bicyclic) bond motifs is 1. The molecule has 0 bridgehead atoms. The van der Waals surface area contributed by atoms with Gasteiger partial charge in [0.15, 0.2) is 11.9 Å². The largest absolute Gasteiger partial charge is 0.475 e. The smallest absolute Gasteiger partial charge is 0.366 e. The fraction of sp³-hybridized carbons (Fsp3) is 0.188. The van der Waals surface area contributed by atoms with E-state index in [1.54, 1.807) is 0 Å². The SMILES string of the molecule is CC1Oc2ccc([N+](=O)[O-])nc2N(CC(=O)Nc2ccc(F)cc2)C1=O. The maximum atomic E-state index is 12.9. The van der Waals surface area contributed by atoms with Crippen molar-refractivity contribution in [1.82, 2.24) is 4.98 Å². The summed E-state index contributed by atoms with van der Waals surface area (Å²) in [5, 5.41) is 13.4. The van der Waals surface area contributed by atoms with Gasteiger partial charge in [-0.1, -0.05) is 0 Å². The number of rotatable bonds is 4. The minimum Gasteiger partial charge on any atom is -0.475 e. The fourth-order valence-electron chi connectivity index (χ4n) is 2.41. The Kier molecular flexibility index (Phi) is 4.48. The van der Waals surface area contributed by atoms with Crippen molar-refractivity contribution in [2.75, 3.05) is 16.8 Å². The second-order valence-corrected chi connectivity index (χ2v) is 5.49. The highest BCUT2D eigenvalue weighted by Crippen LogP contribution is 2.33. The van der Waals surface area contributed by atoms with Crippen LogP contribution in [0.1, 0.15) is 6.92 Å². The standard InChI is InChI=1S/C16H13FN4O5/c1-9-16(23)20(8-14(22)18-11-4-2-10(17)3-5-11)15-12(26-9)6-7-13(19-15)21(24)25/h2-7,9H,8H2,1H3,(H,18,22). The van der Waals surface area contributed by atoms with Crippen molar-refractivity contribution in [3.8, 4) is 5.75 Å². The Morgan fingerprint density at radius 3 is 2.69 bits per heavy atom. The van der Waals surface area contributed by atoms with Gasteiger partial charge in [-0.3, -0.25) is 14.5 Å². The van der Waals surface area contributed by atoms with Crippen LogP contribution in [0.2, 0.25) is 0 Å². The zero-order valence-corrected chi connectivity index (χ0v) is 13.5. The molecule has 1 unspecified atom stereocenters. The monoisotopic (exact) mass is 360 g/mol. The molecule has 1 aliphatic rings. The van der Waals surface area contributed by atoms with Gasteiger partial charge in [-0.05, 0) is 47.2 Å². The van der Waals surface area contributed by atoms with Crippen LogP contribution in [0.4, 0.5) is 21.7 Å². The number of nitrogens with zero attached hydrogens (tertiary/aromatic N) is 3. The van der Waals surface area contributed by atoms with Gasteiger partial charge in [-0.25, -0.2) is 4.39 Å². The molecule has 0 saturated carbocycles. The van der Waals surface area contributed by atoms with Crippen molar-refractivity contribution < 1.29 is 23.6 Å². The van der Waals surface area contributed by atoms with Gasteiger partial charge in [-0.15, -0.1) is 0 Å².